The maximum atomic E-state index is 12.7. The van der Waals surface area contributed by atoms with E-state index in [0.29, 0.717) is 21.2 Å². The van der Waals surface area contributed by atoms with E-state index in [1.807, 2.05) is 0 Å². The highest BCUT2D eigenvalue weighted by atomic mass is 35.5. The van der Waals surface area contributed by atoms with Gasteiger partial charge in [-0.05, 0) is 35.4 Å². The minimum absolute atomic E-state index is 0.0507. The molecule has 0 radical (unpaired) electrons. The Labute approximate surface area is 185 Å². The third-order valence-corrected chi connectivity index (χ3v) is 6.24. The van der Waals surface area contributed by atoms with Crippen molar-refractivity contribution in [1.82, 2.24) is 10.9 Å². The highest BCUT2D eigenvalue weighted by Gasteiger charge is 2.24. The van der Waals surface area contributed by atoms with Gasteiger partial charge in [-0.3, -0.25) is 15.6 Å². The van der Waals surface area contributed by atoms with Gasteiger partial charge in [0.2, 0.25) is 5.91 Å². The summed E-state index contributed by atoms with van der Waals surface area (Å²) in [5.74, 6) is -1.30. The molecule has 0 saturated carbocycles. The Balaban J connectivity index is 2.17. The van der Waals surface area contributed by atoms with E-state index < -0.39 is 21.7 Å². The number of nitrogens with one attached hydrogen (secondary N) is 2. The van der Waals surface area contributed by atoms with Gasteiger partial charge in [0, 0.05) is 22.4 Å². The van der Waals surface area contributed by atoms with Gasteiger partial charge in [0.05, 0.1) is 11.5 Å². The molecule has 1 amide bonds. The number of hydrogen-bond donors (Lipinski definition) is 3. The molecule has 2 aromatic rings. The second kappa shape index (κ2) is 10.5. The van der Waals surface area contributed by atoms with Crippen LogP contribution in [-0.4, -0.2) is 24.4 Å². The van der Waals surface area contributed by atoms with Gasteiger partial charge < -0.3 is 0 Å². The molecule has 1 atom stereocenters. The van der Waals surface area contributed by atoms with Crippen LogP contribution in [0, 0.1) is 0 Å². The summed E-state index contributed by atoms with van der Waals surface area (Å²) in [6.45, 7) is 0. The molecule has 0 spiro atoms. The van der Waals surface area contributed by atoms with Crippen LogP contribution in [0.3, 0.4) is 0 Å². The fraction of sp³-hybridized carbons (Fsp3) is 0.222. The maximum absolute atomic E-state index is 12.7. The molecule has 2 aromatic carbocycles. The Hall–Kier alpha value is -1.32. The number of hydrogen-bond acceptors (Lipinski definition) is 4. The molecule has 0 aliphatic carbocycles. The fourth-order valence-corrected chi connectivity index (χ4v) is 4.71. The van der Waals surface area contributed by atoms with Gasteiger partial charge in [-0.15, -0.1) is 12.6 Å². The van der Waals surface area contributed by atoms with Gasteiger partial charge in [-0.2, -0.15) is 0 Å². The second-order valence-corrected chi connectivity index (χ2v) is 10.3. The number of carbonyl (C=O) groups is 1. The van der Waals surface area contributed by atoms with Crippen molar-refractivity contribution in [2.24, 2.45) is 0 Å². The Morgan fingerprint density at radius 3 is 2.07 bits per heavy atom. The zero-order chi connectivity index (χ0) is 20.7. The summed E-state index contributed by atoms with van der Waals surface area (Å²) in [4.78, 5) is 12.2. The average molecular weight is 477 g/mol. The standard InChI is InChI=1S/C18H18Cl2N2O3S3/c19-15-5-1-12(2-6-15)10-28(24,25)11-14(9-17(23)21-22-18(26)27)13-3-7-16(20)8-4-13/h1-8,14H,9-11H2,(H,21,23)(H2,22,26,27). The monoisotopic (exact) mass is 476 g/mol. The molecular weight excluding hydrogens is 459 g/mol. The number of carbonyl (C=O) groups excluding carboxylic acids is 1. The zero-order valence-electron chi connectivity index (χ0n) is 14.6. The highest BCUT2D eigenvalue weighted by Crippen LogP contribution is 2.25. The van der Waals surface area contributed by atoms with Crippen LogP contribution < -0.4 is 10.9 Å². The van der Waals surface area contributed by atoms with E-state index in [4.69, 9.17) is 35.4 Å². The molecule has 0 saturated heterocycles. The molecule has 0 aliphatic rings. The van der Waals surface area contributed by atoms with Crippen LogP contribution in [-0.2, 0) is 20.4 Å². The van der Waals surface area contributed by atoms with E-state index in [9.17, 15) is 13.2 Å². The molecule has 0 bridgehead atoms. The molecule has 0 fully saturated rings. The largest absolute Gasteiger partial charge is 0.283 e. The molecule has 0 aromatic heterocycles. The summed E-state index contributed by atoms with van der Waals surface area (Å²) in [6, 6.07) is 13.4. The summed E-state index contributed by atoms with van der Waals surface area (Å²) in [5, 5.41) is 1.06. The molecule has 0 aliphatic heterocycles. The summed E-state index contributed by atoms with van der Waals surface area (Å²) in [7, 11) is -3.50. The summed E-state index contributed by atoms with van der Waals surface area (Å²) >= 11 is 20.3. The Bertz CT molecular complexity index is 934. The van der Waals surface area contributed by atoms with Crippen molar-refractivity contribution in [3.8, 4) is 0 Å². The second-order valence-electron chi connectivity index (χ2n) is 6.11. The molecule has 2 N–H and O–H groups in total. The van der Waals surface area contributed by atoms with Crippen LogP contribution in [0.5, 0.6) is 0 Å². The minimum atomic E-state index is -3.50. The van der Waals surface area contributed by atoms with Crippen molar-refractivity contribution >= 4 is 68.1 Å². The quantitative estimate of drug-likeness (QED) is 0.320. The van der Waals surface area contributed by atoms with Gasteiger partial charge in [0.15, 0.2) is 9.84 Å². The van der Waals surface area contributed by atoms with Crippen LogP contribution in [0.1, 0.15) is 23.5 Å². The smallest absolute Gasteiger partial charge is 0.238 e. The molecule has 2 rings (SSSR count). The van der Waals surface area contributed by atoms with Crippen molar-refractivity contribution in [1.29, 1.82) is 0 Å². The molecule has 5 nitrogen and oxygen atoms in total. The van der Waals surface area contributed by atoms with Gasteiger partial charge in [0.25, 0.3) is 0 Å². The van der Waals surface area contributed by atoms with Crippen molar-refractivity contribution in [2.45, 2.75) is 18.1 Å². The van der Waals surface area contributed by atoms with Crippen molar-refractivity contribution in [3.05, 3.63) is 69.7 Å². The van der Waals surface area contributed by atoms with Gasteiger partial charge >= 0.3 is 0 Å². The van der Waals surface area contributed by atoms with Gasteiger partial charge in [0.1, 0.15) is 4.32 Å². The maximum Gasteiger partial charge on any atom is 0.238 e. The molecule has 10 heteroatoms. The first-order valence-electron chi connectivity index (χ1n) is 8.13. The van der Waals surface area contributed by atoms with E-state index in [0.717, 1.165) is 0 Å². The van der Waals surface area contributed by atoms with Crippen LogP contribution in [0.25, 0.3) is 0 Å². The Morgan fingerprint density at radius 2 is 1.54 bits per heavy atom. The molecule has 28 heavy (non-hydrogen) atoms. The number of rotatable bonds is 7. The normalized spacial score (nSPS) is 12.2. The van der Waals surface area contributed by atoms with Crippen LogP contribution in [0.15, 0.2) is 48.5 Å². The minimum Gasteiger partial charge on any atom is -0.283 e. The zero-order valence-corrected chi connectivity index (χ0v) is 18.6. The van der Waals surface area contributed by atoms with Gasteiger partial charge in [-0.25, -0.2) is 8.42 Å². The van der Waals surface area contributed by atoms with Crippen LogP contribution >= 0.6 is 48.0 Å². The SMILES string of the molecule is O=C(CC(CS(=O)(=O)Cc1ccc(Cl)cc1)c1ccc(Cl)cc1)NNC(=S)S. The predicted octanol–water partition coefficient (Wildman–Crippen LogP) is 3.92. The van der Waals surface area contributed by atoms with Crippen molar-refractivity contribution in [2.75, 3.05) is 5.75 Å². The molecule has 150 valence electrons. The predicted molar refractivity (Wildman–Crippen MR) is 121 cm³/mol. The first kappa shape index (κ1) is 23.0. The average Bonchev–Trinajstić information content (AvgIpc) is 2.61. The fourth-order valence-electron chi connectivity index (χ4n) is 2.61. The number of hydrazine groups is 1. The lowest BCUT2D eigenvalue weighted by molar-refractivity contribution is -0.121. The lowest BCUT2D eigenvalue weighted by Gasteiger charge is -2.18. The third kappa shape index (κ3) is 7.97. The van der Waals surface area contributed by atoms with Crippen LogP contribution in [0.2, 0.25) is 10.0 Å². The van der Waals surface area contributed by atoms with Crippen LogP contribution in [0.4, 0.5) is 0 Å². The number of thiol groups is 1. The topological polar surface area (TPSA) is 75.3 Å². The van der Waals surface area contributed by atoms with E-state index in [2.05, 4.69) is 23.5 Å². The summed E-state index contributed by atoms with van der Waals surface area (Å²) < 4.78 is 25.6. The molecule has 1 unspecified atom stereocenters. The van der Waals surface area contributed by atoms with E-state index in [1.54, 1.807) is 48.5 Å². The van der Waals surface area contributed by atoms with E-state index in [1.165, 1.54) is 0 Å². The van der Waals surface area contributed by atoms with Crippen molar-refractivity contribution in [3.63, 3.8) is 0 Å². The number of sulfone groups is 1. The highest BCUT2D eigenvalue weighted by molar-refractivity contribution is 8.11. The number of benzene rings is 2. The van der Waals surface area contributed by atoms with E-state index >= 15 is 0 Å². The summed E-state index contributed by atoms with van der Waals surface area (Å²) in [5.41, 5.74) is 6.16. The number of halogens is 2. The van der Waals surface area contributed by atoms with Crippen molar-refractivity contribution < 1.29 is 13.2 Å². The number of thiocarbonyl (C=S) groups is 1. The Morgan fingerprint density at radius 1 is 1.00 bits per heavy atom. The Kier molecular flexibility index (Phi) is 8.57. The number of amides is 1. The third-order valence-electron chi connectivity index (χ3n) is 3.84. The lowest BCUT2D eigenvalue weighted by atomic mass is 9.97. The lowest BCUT2D eigenvalue weighted by Crippen LogP contribution is -2.39. The summed E-state index contributed by atoms with van der Waals surface area (Å²) in [6.07, 6.45) is -0.0507. The van der Waals surface area contributed by atoms with Gasteiger partial charge in [-0.1, -0.05) is 59.7 Å². The molecular formula is C18H18Cl2N2O3S3. The molecule has 0 heterocycles. The first-order valence-corrected chi connectivity index (χ1v) is 11.6. The van der Waals surface area contributed by atoms with E-state index in [-0.39, 0.29) is 22.2 Å². The first-order chi connectivity index (χ1) is 13.1.